The van der Waals surface area contributed by atoms with Gasteiger partial charge in [-0.3, -0.25) is 0 Å². The molecule has 0 amide bonds. The van der Waals surface area contributed by atoms with E-state index in [-0.39, 0.29) is 5.75 Å². The summed E-state index contributed by atoms with van der Waals surface area (Å²) >= 11 is 0. The largest absolute Gasteiger partial charge is 0.508 e. The third kappa shape index (κ3) is 4.56. The number of phenols is 1. The highest BCUT2D eigenvalue weighted by atomic mass is 16.5. The first-order valence-electron chi connectivity index (χ1n) is 11.1. The summed E-state index contributed by atoms with van der Waals surface area (Å²) in [5.74, 6) is 2.38. The van der Waals surface area contributed by atoms with Crippen LogP contribution in [0.4, 0.5) is 5.82 Å². The molecule has 4 aromatic rings. The van der Waals surface area contributed by atoms with E-state index in [2.05, 4.69) is 11.0 Å². The van der Waals surface area contributed by atoms with Gasteiger partial charge in [-0.05, 0) is 48.0 Å². The fraction of sp³-hybridized carbons (Fsp3) is 0.143. The van der Waals surface area contributed by atoms with E-state index in [1.54, 1.807) is 18.2 Å². The molecule has 0 atom stereocenters. The lowest BCUT2D eigenvalue weighted by Gasteiger charge is -2.29. The van der Waals surface area contributed by atoms with E-state index in [9.17, 15) is 10.4 Å². The van der Waals surface area contributed by atoms with Gasteiger partial charge in [-0.2, -0.15) is 5.26 Å². The second-order valence-electron chi connectivity index (χ2n) is 7.95. The van der Waals surface area contributed by atoms with Crippen molar-refractivity contribution >= 4 is 5.82 Å². The summed E-state index contributed by atoms with van der Waals surface area (Å²) in [6, 6.07) is 28.4. The van der Waals surface area contributed by atoms with Gasteiger partial charge in [-0.1, -0.05) is 42.5 Å². The van der Waals surface area contributed by atoms with Crippen LogP contribution in [-0.4, -0.2) is 36.4 Å². The van der Waals surface area contributed by atoms with Crippen molar-refractivity contribution in [2.45, 2.75) is 0 Å². The molecule has 5 rings (SSSR count). The number of nitriles is 1. The van der Waals surface area contributed by atoms with Gasteiger partial charge in [0.2, 0.25) is 0 Å². The number of nitrogens with zero attached hydrogens (tertiary/aromatic N) is 3. The molecule has 1 aliphatic heterocycles. The smallest absolute Gasteiger partial charge is 0.130 e. The highest BCUT2D eigenvalue weighted by molar-refractivity contribution is 5.82. The van der Waals surface area contributed by atoms with E-state index in [1.165, 1.54) is 0 Å². The molecule has 34 heavy (non-hydrogen) atoms. The highest BCUT2D eigenvalue weighted by Crippen LogP contribution is 2.36. The van der Waals surface area contributed by atoms with Crippen molar-refractivity contribution in [2.24, 2.45) is 0 Å². The molecule has 0 spiro atoms. The molecule has 1 N–H and O–H groups in total. The summed E-state index contributed by atoms with van der Waals surface area (Å²) in [5, 5.41) is 20.2. The quantitative estimate of drug-likeness (QED) is 0.426. The second kappa shape index (κ2) is 9.65. The first kappa shape index (κ1) is 21.5. The molecule has 0 bridgehead atoms. The number of rotatable bonds is 5. The Morgan fingerprint density at radius 3 is 2.29 bits per heavy atom. The maximum absolute atomic E-state index is 10.1. The van der Waals surface area contributed by atoms with E-state index in [4.69, 9.17) is 14.5 Å². The molecule has 0 aliphatic carbocycles. The number of para-hydroxylation sites is 1. The van der Waals surface area contributed by atoms with Crippen molar-refractivity contribution in [1.82, 2.24) is 4.98 Å². The highest BCUT2D eigenvalue weighted by Gasteiger charge is 2.20. The molecule has 6 heteroatoms. The van der Waals surface area contributed by atoms with Gasteiger partial charge in [0.05, 0.1) is 24.5 Å². The topological polar surface area (TPSA) is 78.6 Å². The lowest BCUT2D eigenvalue weighted by atomic mass is 9.96. The number of aromatic nitrogens is 1. The summed E-state index contributed by atoms with van der Waals surface area (Å²) in [4.78, 5) is 7.01. The third-order valence-electron chi connectivity index (χ3n) is 5.72. The Morgan fingerprint density at radius 1 is 0.853 bits per heavy atom. The van der Waals surface area contributed by atoms with Crippen LogP contribution in [0, 0.1) is 11.3 Å². The molecular formula is C28H23N3O3. The zero-order valence-electron chi connectivity index (χ0n) is 18.5. The number of benzene rings is 3. The van der Waals surface area contributed by atoms with Gasteiger partial charge in [-0.15, -0.1) is 0 Å². The lowest BCUT2D eigenvalue weighted by molar-refractivity contribution is 0.122. The van der Waals surface area contributed by atoms with Crippen LogP contribution >= 0.6 is 0 Å². The Bertz CT molecular complexity index is 1330. The molecule has 168 valence electrons. The molecule has 6 nitrogen and oxygen atoms in total. The Kier molecular flexibility index (Phi) is 6.11. The van der Waals surface area contributed by atoms with Gasteiger partial charge < -0.3 is 19.5 Å². The van der Waals surface area contributed by atoms with Crippen LogP contribution in [0.1, 0.15) is 5.56 Å². The third-order valence-corrected chi connectivity index (χ3v) is 5.72. The summed E-state index contributed by atoms with van der Waals surface area (Å²) < 4.78 is 11.4. The zero-order chi connectivity index (χ0) is 23.3. The van der Waals surface area contributed by atoms with Gasteiger partial charge in [0, 0.05) is 24.2 Å². The van der Waals surface area contributed by atoms with Crippen molar-refractivity contribution in [1.29, 1.82) is 5.26 Å². The van der Waals surface area contributed by atoms with Crippen molar-refractivity contribution in [2.75, 3.05) is 31.2 Å². The minimum Gasteiger partial charge on any atom is -0.508 e. The van der Waals surface area contributed by atoms with Crippen LogP contribution in [0.25, 0.3) is 22.4 Å². The van der Waals surface area contributed by atoms with Crippen molar-refractivity contribution in [3.8, 4) is 45.7 Å². The molecule has 2 heterocycles. The average Bonchev–Trinajstić information content (AvgIpc) is 2.89. The van der Waals surface area contributed by atoms with Crippen LogP contribution in [0.5, 0.6) is 17.2 Å². The standard InChI is InChI=1S/C28H23N3O3/c29-19-26-25(20-9-11-24(12-10-20)34-23-7-2-1-3-8-23)18-27(31-13-15-33-16-14-31)30-28(26)21-5-4-6-22(32)17-21/h1-12,17-18,32H,13-16H2. The van der Waals surface area contributed by atoms with Gasteiger partial charge in [0.15, 0.2) is 0 Å². The van der Waals surface area contributed by atoms with Crippen LogP contribution in [0.2, 0.25) is 0 Å². The molecule has 1 saturated heterocycles. The van der Waals surface area contributed by atoms with Gasteiger partial charge in [-0.25, -0.2) is 4.98 Å². The molecule has 0 unspecified atom stereocenters. The van der Waals surface area contributed by atoms with Gasteiger partial charge in [0.1, 0.15) is 29.1 Å². The molecule has 3 aromatic carbocycles. The number of aromatic hydroxyl groups is 1. The summed E-state index contributed by atoms with van der Waals surface area (Å²) in [6.45, 7) is 2.71. The Morgan fingerprint density at radius 2 is 1.59 bits per heavy atom. The lowest BCUT2D eigenvalue weighted by Crippen LogP contribution is -2.36. The predicted molar refractivity (Wildman–Crippen MR) is 131 cm³/mol. The number of hydrogen-bond acceptors (Lipinski definition) is 6. The maximum atomic E-state index is 10.1. The molecule has 1 aliphatic rings. The van der Waals surface area contributed by atoms with E-state index in [1.807, 2.05) is 66.7 Å². The van der Waals surface area contributed by atoms with E-state index in [0.717, 1.165) is 35.8 Å². The number of anilines is 1. The Balaban J connectivity index is 1.59. The van der Waals surface area contributed by atoms with E-state index in [0.29, 0.717) is 35.8 Å². The zero-order valence-corrected chi connectivity index (χ0v) is 18.5. The van der Waals surface area contributed by atoms with Gasteiger partial charge in [0.25, 0.3) is 0 Å². The SMILES string of the molecule is N#Cc1c(-c2ccc(Oc3ccccc3)cc2)cc(N2CCOCC2)nc1-c1cccc(O)c1. The first-order chi connectivity index (χ1) is 16.7. The predicted octanol–water partition coefficient (Wildman–Crippen LogP) is 5.62. The average molecular weight is 450 g/mol. The summed E-state index contributed by atoms with van der Waals surface area (Å²) in [5.41, 5.74) is 3.36. The van der Waals surface area contributed by atoms with Crippen LogP contribution in [-0.2, 0) is 4.74 Å². The number of phenolic OH excluding ortho intramolecular Hbond substituents is 1. The van der Waals surface area contributed by atoms with E-state index >= 15 is 0 Å². The van der Waals surface area contributed by atoms with E-state index < -0.39 is 0 Å². The van der Waals surface area contributed by atoms with Crippen LogP contribution < -0.4 is 9.64 Å². The number of pyridine rings is 1. The summed E-state index contributed by atoms with van der Waals surface area (Å²) in [6.07, 6.45) is 0. The van der Waals surface area contributed by atoms with Crippen molar-refractivity contribution < 1.29 is 14.6 Å². The minimum absolute atomic E-state index is 0.129. The van der Waals surface area contributed by atoms with Crippen molar-refractivity contribution in [3.63, 3.8) is 0 Å². The second-order valence-corrected chi connectivity index (χ2v) is 7.95. The molecule has 0 saturated carbocycles. The Labute approximate surface area is 198 Å². The monoisotopic (exact) mass is 449 g/mol. The maximum Gasteiger partial charge on any atom is 0.130 e. The fourth-order valence-corrected chi connectivity index (χ4v) is 4.02. The van der Waals surface area contributed by atoms with Crippen molar-refractivity contribution in [3.05, 3.63) is 90.5 Å². The molecular weight excluding hydrogens is 426 g/mol. The first-order valence-corrected chi connectivity index (χ1v) is 11.1. The fourth-order valence-electron chi connectivity index (χ4n) is 4.02. The summed E-state index contributed by atoms with van der Waals surface area (Å²) in [7, 11) is 0. The number of ether oxygens (including phenoxy) is 2. The van der Waals surface area contributed by atoms with Crippen LogP contribution in [0.15, 0.2) is 84.9 Å². The molecule has 1 fully saturated rings. The number of morpholine rings is 1. The molecule has 0 radical (unpaired) electrons. The van der Waals surface area contributed by atoms with Crippen LogP contribution in [0.3, 0.4) is 0 Å². The van der Waals surface area contributed by atoms with Gasteiger partial charge >= 0.3 is 0 Å². The number of hydrogen-bond donors (Lipinski definition) is 1. The Hall–Kier alpha value is -4.34. The minimum atomic E-state index is 0.129. The molecule has 1 aromatic heterocycles. The normalized spacial score (nSPS) is 13.3.